The third-order valence-electron chi connectivity index (χ3n) is 2.89. The number of para-hydroxylation sites is 1. The molecule has 0 unspecified atom stereocenters. The lowest BCUT2D eigenvalue weighted by Crippen LogP contribution is -2.09. The first-order valence-electron chi connectivity index (χ1n) is 6.38. The van der Waals surface area contributed by atoms with Gasteiger partial charge in [0.1, 0.15) is 12.4 Å². The van der Waals surface area contributed by atoms with Crippen LogP contribution in [0, 0.1) is 23.0 Å². The summed E-state index contributed by atoms with van der Waals surface area (Å²) in [6, 6.07) is 10.4. The van der Waals surface area contributed by atoms with Crippen LogP contribution in [-0.4, -0.2) is 7.05 Å². The zero-order valence-electron chi connectivity index (χ0n) is 11.5. The Morgan fingerprint density at radius 1 is 1.24 bits per heavy atom. The van der Waals surface area contributed by atoms with Gasteiger partial charge < -0.3 is 10.1 Å². The van der Waals surface area contributed by atoms with Gasteiger partial charge in [-0.25, -0.2) is 8.78 Å². The van der Waals surface area contributed by atoms with Crippen LogP contribution >= 0.6 is 0 Å². The lowest BCUT2D eigenvalue weighted by molar-refractivity contribution is 0.286. The minimum absolute atomic E-state index is 0.00983. The molecule has 0 aliphatic rings. The molecule has 0 fully saturated rings. The zero-order valence-corrected chi connectivity index (χ0v) is 11.5. The first kappa shape index (κ1) is 14.9. The molecule has 0 aliphatic carbocycles. The van der Waals surface area contributed by atoms with Gasteiger partial charge in [0.2, 0.25) is 0 Å². The van der Waals surface area contributed by atoms with Gasteiger partial charge in [-0.2, -0.15) is 5.26 Å². The second-order valence-corrected chi connectivity index (χ2v) is 4.51. The van der Waals surface area contributed by atoms with E-state index in [1.165, 1.54) is 18.2 Å². The van der Waals surface area contributed by atoms with E-state index in [4.69, 9.17) is 10.00 Å². The molecule has 3 nitrogen and oxygen atoms in total. The number of hydrogen-bond acceptors (Lipinski definition) is 3. The Bertz CT molecular complexity index is 680. The fourth-order valence-corrected chi connectivity index (χ4v) is 2.00. The first-order valence-corrected chi connectivity index (χ1v) is 6.38. The number of benzene rings is 2. The van der Waals surface area contributed by atoms with Crippen molar-refractivity contribution < 1.29 is 13.5 Å². The smallest absolute Gasteiger partial charge is 0.165 e. The second kappa shape index (κ2) is 6.82. The number of halogens is 2. The molecule has 0 amide bonds. The van der Waals surface area contributed by atoms with E-state index in [9.17, 15) is 8.78 Å². The standard InChI is InChI=1S/C16H14F2N2O/c1-20-9-13-3-2-4-15(18)16(13)21-10-12-5-11(8-19)6-14(17)7-12/h2-7,20H,9-10H2,1H3. The molecule has 21 heavy (non-hydrogen) atoms. The highest BCUT2D eigenvalue weighted by Gasteiger charge is 2.10. The van der Waals surface area contributed by atoms with E-state index < -0.39 is 11.6 Å². The average molecular weight is 288 g/mol. The van der Waals surface area contributed by atoms with Crippen molar-refractivity contribution in [1.29, 1.82) is 5.26 Å². The summed E-state index contributed by atoms with van der Waals surface area (Å²) in [5, 5.41) is 11.7. The van der Waals surface area contributed by atoms with E-state index in [0.29, 0.717) is 17.7 Å². The molecule has 0 heterocycles. The summed E-state index contributed by atoms with van der Waals surface area (Å²) in [4.78, 5) is 0. The summed E-state index contributed by atoms with van der Waals surface area (Å²) in [6.07, 6.45) is 0. The summed E-state index contributed by atoms with van der Waals surface area (Å²) in [7, 11) is 1.75. The Balaban J connectivity index is 2.20. The molecule has 0 saturated heterocycles. The van der Waals surface area contributed by atoms with Crippen molar-refractivity contribution in [3.8, 4) is 11.8 Å². The predicted molar refractivity (Wildman–Crippen MR) is 74.6 cm³/mol. The summed E-state index contributed by atoms with van der Waals surface area (Å²) in [6.45, 7) is 0.448. The van der Waals surface area contributed by atoms with Gasteiger partial charge in [0, 0.05) is 12.1 Å². The number of rotatable bonds is 5. The lowest BCUT2D eigenvalue weighted by Gasteiger charge is -2.12. The summed E-state index contributed by atoms with van der Waals surface area (Å²) in [5.41, 5.74) is 1.36. The summed E-state index contributed by atoms with van der Waals surface area (Å²) in [5.74, 6) is -0.856. The molecule has 0 radical (unpaired) electrons. The number of nitrogens with zero attached hydrogens (tertiary/aromatic N) is 1. The number of hydrogen-bond donors (Lipinski definition) is 1. The summed E-state index contributed by atoms with van der Waals surface area (Å²) >= 11 is 0. The van der Waals surface area contributed by atoms with Crippen LogP contribution in [0.3, 0.4) is 0 Å². The monoisotopic (exact) mass is 288 g/mol. The normalized spacial score (nSPS) is 10.2. The highest BCUT2D eigenvalue weighted by atomic mass is 19.1. The van der Waals surface area contributed by atoms with E-state index in [1.807, 2.05) is 6.07 Å². The molecule has 0 saturated carbocycles. The van der Waals surface area contributed by atoms with Crippen molar-refractivity contribution in [2.45, 2.75) is 13.2 Å². The number of nitrogens with one attached hydrogen (secondary N) is 1. The Labute approximate surface area is 121 Å². The van der Waals surface area contributed by atoms with Gasteiger partial charge in [0.25, 0.3) is 0 Å². The van der Waals surface area contributed by atoms with Gasteiger partial charge in [-0.05, 0) is 36.9 Å². The molecule has 108 valence electrons. The number of ether oxygens (including phenoxy) is 1. The van der Waals surface area contributed by atoms with Crippen LogP contribution in [0.4, 0.5) is 8.78 Å². The van der Waals surface area contributed by atoms with Crippen LogP contribution in [0.25, 0.3) is 0 Å². The molecule has 5 heteroatoms. The van der Waals surface area contributed by atoms with E-state index in [-0.39, 0.29) is 17.9 Å². The van der Waals surface area contributed by atoms with Gasteiger partial charge in [-0.15, -0.1) is 0 Å². The van der Waals surface area contributed by atoms with Crippen LogP contribution in [0.5, 0.6) is 5.75 Å². The maximum absolute atomic E-state index is 13.8. The third-order valence-corrected chi connectivity index (χ3v) is 2.89. The molecular formula is C16H14F2N2O. The Morgan fingerprint density at radius 2 is 2.05 bits per heavy atom. The van der Waals surface area contributed by atoms with Crippen molar-refractivity contribution in [2.75, 3.05) is 7.05 Å². The first-order chi connectivity index (χ1) is 10.1. The largest absolute Gasteiger partial charge is 0.485 e. The second-order valence-electron chi connectivity index (χ2n) is 4.51. The SMILES string of the molecule is CNCc1cccc(F)c1OCc1cc(F)cc(C#N)c1. The van der Waals surface area contributed by atoms with Crippen molar-refractivity contribution in [1.82, 2.24) is 5.32 Å². The molecule has 0 aromatic heterocycles. The molecule has 2 aromatic rings. The summed E-state index contributed by atoms with van der Waals surface area (Å²) < 4.78 is 32.6. The highest BCUT2D eigenvalue weighted by molar-refractivity contribution is 5.36. The van der Waals surface area contributed by atoms with Crippen LogP contribution < -0.4 is 10.1 Å². The van der Waals surface area contributed by atoms with Gasteiger partial charge in [-0.1, -0.05) is 12.1 Å². The number of nitriles is 1. The zero-order chi connectivity index (χ0) is 15.2. The van der Waals surface area contributed by atoms with Crippen molar-refractivity contribution >= 4 is 0 Å². The molecule has 1 N–H and O–H groups in total. The predicted octanol–water partition coefficient (Wildman–Crippen LogP) is 3.13. The maximum atomic E-state index is 13.8. The minimum Gasteiger partial charge on any atom is -0.485 e. The van der Waals surface area contributed by atoms with Crippen molar-refractivity contribution in [3.05, 3.63) is 64.7 Å². The Kier molecular flexibility index (Phi) is 4.85. The van der Waals surface area contributed by atoms with Gasteiger partial charge >= 0.3 is 0 Å². The minimum atomic E-state index is -0.517. The average Bonchev–Trinajstić information content (AvgIpc) is 2.46. The topological polar surface area (TPSA) is 45.0 Å². The molecule has 0 bridgehead atoms. The maximum Gasteiger partial charge on any atom is 0.165 e. The molecular weight excluding hydrogens is 274 g/mol. The molecule has 0 atom stereocenters. The van der Waals surface area contributed by atoms with E-state index in [1.54, 1.807) is 19.2 Å². The molecule has 2 rings (SSSR count). The fraction of sp³-hybridized carbons (Fsp3) is 0.188. The van der Waals surface area contributed by atoms with Crippen molar-refractivity contribution in [2.24, 2.45) is 0 Å². The highest BCUT2D eigenvalue weighted by Crippen LogP contribution is 2.24. The Hall–Kier alpha value is -2.45. The van der Waals surface area contributed by atoms with Crippen molar-refractivity contribution in [3.63, 3.8) is 0 Å². The van der Waals surface area contributed by atoms with Gasteiger partial charge in [-0.3, -0.25) is 0 Å². The molecule has 0 aliphatic heterocycles. The van der Waals surface area contributed by atoms with Crippen LogP contribution in [0.1, 0.15) is 16.7 Å². The van der Waals surface area contributed by atoms with Gasteiger partial charge in [0.15, 0.2) is 11.6 Å². The van der Waals surface area contributed by atoms with Crippen LogP contribution in [0.15, 0.2) is 36.4 Å². The van der Waals surface area contributed by atoms with Crippen LogP contribution in [0.2, 0.25) is 0 Å². The van der Waals surface area contributed by atoms with E-state index in [0.717, 1.165) is 6.07 Å². The Morgan fingerprint density at radius 3 is 2.76 bits per heavy atom. The third kappa shape index (κ3) is 3.77. The lowest BCUT2D eigenvalue weighted by atomic mass is 10.1. The van der Waals surface area contributed by atoms with E-state index in [2.05, 4.69) is 5.32 Å². The molecule has 0 spiro atoms. The quantitative estimate of drug-likeness (QED) is 0.919. The van der Waals surface area contributed by atoms with Crippen LogP contribution in [-0.2, 0) is 13.2 Å². The fourth-order valence-electron chi connectivity index (χ4n) is 2.00. The van der Waals surface area contributed by atoms with E-state index >= 15 is 0 Å². The van der Waals surface area contributed by atoms with Gasteiger partial charge in [0.05, 0.1) is 11.6 Å². The molecule has 2 aromatic carbocycles.